The molecule has 1 aliphatic heterocycles. The van der Waals surface area contributed by atoms with Crippen LogP contribution in [0, 0.1) is 13.8 Å². The number of nitrogens with one attached hydrogen (secondary N) is 2. The van der Waals surface area contributed by atoms with Crippen molar-refractivity contribution < 1.29 is 10.0 Å². The van der Waals surface area contributed by atoms with Gasteiger partial charge in [-0.2, -0.15) is 0 Å². The number of aromatic amines is 2. The standard InChI is InChI=1S/C22H20N4O2/c1-12-20(14-7-3-5-9-17(14)23-12)16-11-19(26-28-22(16)25-27)21-13(2)24-18-10-6-4-8-15(18)21/h3-10,16,23-24,27H,11H2,1-2H3. The summed E-state index contributed by atoms with van der Waals surface area (Å²) >= 11 is 0. The number of fused-ring (bicyclic) bond motifs is 2. The molecule has 2 aromatic heterocycles. The van der Waals surface area contributed by atoms with Crippen molar-refractivity contribution in [3.8, 4) is 0 Å². The molecule has 3 N–H and O–H groups in total. The van der Waals surface area contributed by atoms with Crippen LogP contribution in [0.3, 0.4) is 0 Å². The predicted molar refractivity (Wildman–Crippen MR) is 110 cm³/mol. The number of aryl methyl sites for hydroxylation is 2. The van der Waals surface area contributed by atoms with Gasteiger partial charge < -0.3 is 20.0 Å². The van der Waals surface area contributed by atoms with Gasteiger partial charge in [0.05, 0.1) is 11.6 Å². The van der Waals surface area contributed by atoms with Gasteiger partial charge in [0, 0.05) is 45.2 Å². The van der Waals surface area contributed by atoms with Crippen molar-refractivity contribution >= 4 is 33.4 Å². The van der Waals surface area contributed by atoms with Gasteiger partial charge in [-0.3, -0.25) is 0 Å². The molecular formula is C22H20N4O2. The Kier molecular flexibility index (Phi) is 3.72. The third-order valence-electron chi connectivity index (χ3n) is 5.52. The van der Waals surface area contributed by atoms with E-state index >= 15 is 0 Å². The fraction of sp³-hybridized carbons (Fsp3) is 0.182. The normalized spacial score (nSPS) is 18.6. The van der Waals surface area contributed by atoms with E-state index in [4.69, 9.17) is 4.84 Å². The lowest BCUT2D eigenvalue weighted by atomic mass is 9.87. The summed E-state index contributed by atoms with van der Waals surface area (Å²) in [5.74, 6) is -0.00388. The Labute approximate surface area is 161 Å². The molecule has 3 heterocycles. The van der Waals surface area contributed by atoms with E-state index in [1.165, 1.54) is 0 Å². The van der Waals surface area contributed by atoms with Gasteiger partial charge in [0.1, 0.15) is 0 Å². The van der Waals surface area contributed by atoms with E-state index in [2.05, 4.69) is 38.5 Å². The number of nitrogens with zero attached hydrogens (tertiary/aromatic N) is 2. The molecule has 0 bridgehead atoms. The molecular weight excluding hydrogens is 352 g/mol. The van der Waals surface area contributed by atoms with Gasteiger partial charge in [0.15, 0.2) is 0 Å². The van der Waals surface area contributed by atoms with Crippen molar-refractivity contribution in [1.29, 1.82) is 0 Å². The topological polar surface area (TPSA) is 85.8 Å². The van der Waals surface area contributed by atoms with E-state index in [1.54, 1.807) is 0 Å². The van der Waals surface area contributed by atoms with Crippen LogP contribution in [0.15, 0.2) is 58.8 Å². The molecule has 0 saturated carbocycles. The van der Waals surface area contributed by atoms with E-state index in [0.29, 0.717) is 6.42 Å². The van der Waals surface area contributed by atoms with Gasteiger partial charge >= 0.3 is 0 Å². The summed E-state index contributed by atoms with van der Waals surface area (Å²) in [7, 11) is 0. The first-order valence-corrected chi connectivity index (χ1v) is 9.28. The number of benzene rings is 2. The van der Waals surface area contributed by atoms with Crippen LogP contribution < -0.4 is 0 Å². The number of rotatable bonds is 2. The van der Waals surface area contributed by atoms with E-state index in [0.717, 1.165) is 50.0 Å². The second kappa shape index (κ2) is 6.27. The Bertz CT molecular complexity index is 1260. The maximum Gasteiger partial charge on any atom is 0.268 e. The van der Waals surface area contributed by atoms with Gasteiger partial charge in [-0.15, -0.1) is 0 Å². The lowest BCUT2D eigenvalue weighted by Gasteiger charge is -2.22. The zero-order valence-corrected chi connectivity index (χ0v) is 15.7. The molecule has 28 heavy (non-hydrogen) atoms. The van der Waals surface area contributed by atoms with Crippen molar-refractivity contribution in [2.45, 2.75) is 26.2 Å². The van der Waals surface area contributed by atoms with Gasteiger partial charge in [0.25, 0.3) is 5.90 Å². The monoisotopic (exact) mass is 372 g/mol. The predicted octanol–water partition coefficient (Wildman–Crippen LogP) is 4.96. The SMILES string of the molecule is Cc1[nH]c2ccccc2c1C1=NOC(=NO)C(c2c(C)[nH]c3ccccc23)C1. The lowest BCUT2D eigenvalue weighted by molar-refractivity contribution is 0.246. The molecule has 0 fully saturated rings. The third-order valence-corrected chi connectivity index (χ3v) is 5.52. The maximum absolute atomic E-state index is 9.54. The molecule has 1 unspecified atom stereocenters. The minimum atomic E-state index is -0.221. The first-order chi connectivity index (χ1) is 13.7. The molecule has 6 nitrogen and oxygen atoms in total. The zero-order chi connectivity index (χ0) is 19.3. The number of para-hydroxylation sites is 2. The summed E-state index contributed by atoms with van der Waals surface area (Å²) in [6.45, 7) is 4.08. The smallest absolute Gasteiger partial charge is 0.268 e. The second-order valence-electron chi connectivity index (χ2n) is 7.20. The van der Waals surface area contributed by atoms with Crippen molar-refractivity contribution in [3.05, 3.63) is 71.0 Å². The summed E-state index contributed by atoms with van der Waals surface area (Å²) < 4.78 is 0. The first-order valence-electron chi connectivity index (χ1n) is 9.28. The molecule has 0 amide bonds. The molecule has 0 aliphatic carbocycles. The summed E-state index contributed by atoms with van der Waals surface area (Å²) in [5.41, 5.74) is 7.18. The summed E-state index contributed by atoms with van der Waals surface area (Å²) in [4.78, 5) is 12.4. The van der Waals surface area contributed by atoms with E-state index < -0.39 is 0 Å². The summed E-state index contributed by atoms with van der Waals surface area (Å²) in [5, 5.41) is 19.5. The Hall–Kier alpha value is -3.54. The quantitative estimate of drug-likeness (QED) is 0.343. The Morgan fingerprint density at radius 1 is 0.964 bits per heavy atom. The Morgan fingerprint density at radius 2 is 1.61 bits per heavy atom. The van der Waals surface area contributed by atoms with Crippen molar-refractivity contribution in [2.75, 3.05) is 0 Å². The zero-order valence-electron chi connectivity index (χ0n) is 15.7. The van der Waals surface area contributed by atoms with Crippen LogP contribution in [0.1, 0.15) is 34.9 Å². The van der Waals surface area contributed by atoms with Crippen molar-refractivity contribution in [1.82, 2.24) is 9.97 Å². The molecule has 1 atom stereocenters. The number of aromatic nitrogens is 2. The van der Waals surface area contributed by atoms with Gasteiger partial charge in [-0.05, 0) is 31.5 Å². The number of H-pyrrole nitrogens is 2. The lowest BCUT2D eigenvalue weighted by Crippen LogP contribution is -2.25. The van der Waals surface area contributed by atoms with Crippen LogP contribution in [0.2, 0.25) is 0 Å². The van der Waals surface area contributed by atoms with E-state index in [-0.39, 0.29) is 11.8 Å². The third kappa shape index (κ3) is 2.41. The van der Waals surface area contributed by atoms with Crippen LogP contribution in [0.25, 0.3) is 21.8 Å². The van der Waals surface area contributed by atoms with Crippen LogP contribution in [0.4, 0.5) is 0 Å². The average Bonchev–Trinajstić information content (AvgIpc) is 3.22. The fourth-order valence-corrected chi connectivity index (χ4v) is 4.34. The maximum atomic E-state index is 9.54. The molecule has 1 aliphatic rings. The van der Waals surface area contributed by atoms with Gasteiger partial charge in [-0.25, -0.2) is 0 Å². The molecule has 6 heteroatoms. The highest BCUT2D eigenvalue weighted by atomic mass is 16.7. The minimum Gasteiger partial charge on any atom is -0.408 e. The van der Waals surface area contributed by atoms with E-state index in [1.807, 2.05) is 44.2 Å². The number of hydrogen-bond donors (Lipinski definition) is 3. The second-order valence-corrected chi connectivity index (χ2v) is 7.20. The van der Waals surface area contributed by atoms with Crippen molar-refractivity contribution in [2.24, 2.45) is 10.3 Å². The molecule has 4 aromatic rings. The van der Waals surface area contributed by atoms with E-state index in [9.17, 15) is 5.21 Å². The molecule has 140 valence electrons. The van der Waals surface area contributed by atoms with Crippen LogP contribution in [0.5, 0.6) is 0 Å². The molecule has 5 rings (SSSR count). The average molecular weight is 372 g/mol. The van der Waals surface area contributed by atoms with Crippen LogP contribution >= 0.6 is 0 Å². The molecule has 0 radical (unpaired) electrons. The highest BCUT2D eigenvalue weighted by Crippen LogP contribution is 2.37. The van der Waals surface area contributed by atoms with Crippen LogP contribution in [-0.4, -0.2) is 26.8 Å². The van der Waals surface area contributed by atoms with Crippen LogP contribution in [-0.2, 0) is 4.84 Å². The molecule has 2 aromatic carbocycles. The fourth-order valence-electron chi connectivity index (χ4n) is 4.34. The number of hydrogen-bond acceptors (Lipinski definition) is 4. The van der Waals surface area contributed by atoms with Gasteiger partial charge in [-0.1, -0.05) is 46.7 Å². The van der Waals surface area contributed by atoms with Crippen molar-refractivity contribution in [3.63, 3.8) is 0 Å². The summed E-state index contributed by atoms with van der Waals surface area (Å²) in [6.07, 6.45) is 0.588. The summed E-state index contributed by atoms with van der Waals surface area (Å²) in [6, 6.07) is 16.3. The molecule has 0 spiro atoms. The number of oxime groups is 2. The Balaban J connectivity index is 1.65. The first kappa shape index (κ1) is 16.6. The highest BCUT2D eigenvalue weighted by Gasteiger charge is 2.33. The largest absolute Gasteiger partial charge is 0.408 e. The minimum absolute atomic E-state index is 0.217. The highest BCUT2D eigenvalue weighted by molar-refractivity contribution is 6.14. The Morgan fingerprint density at radius 3 is 2.36 bits per heavy atom. The molecule has 0 saturated heterocycles. The van der Waals surface area contributed by atoms with Gasteiger partial charge in [0.2, 0.25) is 0 Å².